The molecule has 0 spiro atoms. The molecule has 1 aromatic carbocycles. The first kappa shape index (κ1) is 14.8. The van der Waals surface area contributed by atoms with E-state index in [0.717, 1.165) is 11.8 Å². The average molecular weight is 281 g/mol. The third-order valence-corrected chi connectivity index (χ3v) is 2.72. The summed E-state index contributed by atoms with van der Waals surface area (Å²) in [6.45, 7) is 0. The van der Waals surface area contributed by atoms with Crippen molar-refractivity contribution in [2.45, 2.75) is 0 Å². The minimum Gasteiger partial charge on any atom is -0.497 e. The second kappa shape index (κ2) is 7.27. The first-order valence-electron chi connectivity index (χ1n) is 5.26. The van der Waals surface area contributed by atoms with Crippen molar-refractivity contribution in [1.82, 2.24) is 0 Å². The van der Waals surface area contributed by atoms with E-state index < -0.39 is 0 Å². The number of carbonyl (C=O) groups is 1. The van der Waals surface area contributed by atoms with Crippen LogP contribution in [0, 0.1) is 5.41 Å². The normalized spacial score (nSPS) is 9.53. The first-order chi connectivity index (χ1) is 9.01. The number of hydrogen-bond acceptors (Lipinski definition) is 4. The molecule has 1 aromatic rings. The highest BCUT2D eigenvalue weighted by atomic mass is 32.2. The summed E-state index contributed by atoms with van der Waals surface area (Å²) in [7, 11) is 1.57. The zero-order chi connectivity index (χ0) is 14.3. The highest BCUT2D eigenvalue weighted by Crippen LogP contribution is 2.15. The maximum absolute atomic E-state index is 11.6. The molecule has 1 amide bonds. The van der Waals surface area contributed by atoms with Crippen LogP contribution >= 0.6 is 11.8 Å². The predicted octanol–water partition coefficient (Wildman–Crippen LogP) is 0.575. The molecule has 19 heavy (non-hydrogen) atoms. The molecule has 8 heteroatoms. The highest BCUT2D eigenvalue weighted by Gasteiger charge is 2.05. The molecule has 0 aliphatic heterocycles. The number of methoxy groups -OCH3 is 1. The van der Waals surface area contributed by atoms with Crippen LogP contribution < -0.4 is 21.5 Å². The second-order valence-electron chi connectivity index (χ2n) is 3.41. The Kier molecular flexibility index (Phi) is 5.68. The molecule has 0 saturated carbocycles. The van der Waals surface area contributed by atoms with E-state index in [9.17, 15) is 4.79 Å². The Bertz CT molecular complexity index is 482. The van der Waals surface area contributed by atoms with Gasteiger partial charge in [0.05, 0.1) is 12.9 Å². The van der Waals surface area contributed by atoms with Crippen LogP contribution in [0.3, 0.4) is 0 Å². The molecule has 6 N–H and O–H groups in total. The van der Waals surface area contributed by atoms with Crippen molar-refractivity contribution in [3.63, 3.8) is 0 Å². The van der Waals surface area contributed by atoms with Crippen LogP contribution in [0.25, 0.3) is 0 Å². The summed E-state index contributed by atoms with van der Waals surface area (Å²) >= 11 is 0.939. The Morgan fingerprint density at radius 3 is 2.58 bits per heavy atom. The van der Waals surface area contributed by atoms with Crippen LogP contribution in [-0.4, -0.2) is 29.9 Å². The number of hydrogen-bond donors (Lipinski definition) is 4. The van der Waals surface area contributed by atoms with E-state index in [-0.39, 0.29) is 22.8 Å². The van der Waals surface area contributed by atoms with E-state index in [1.165, 1.54) is 0 Å². The maximum Gasteiger partial charge on any atom is 0.234 e. The summed E-state index contributed by atoms with van der Waals surface area (Å²) in [5.74, 6) is 0.322. The van der Waals surface area contributed by atoms with Gasteiger partial charge < -0.3 is 21.5 Å². The number of thioether (sulfide) groups is 1. The number of rotatable bonds is 4. The van der Waals surface area contributed by atoms with Gasteiger partial charge in [0.15, 0.2) is 11.1 Å². The fraction of sp³-hybridized carbons (Fsp3) is 0.182. The number of nitrogens with one attached hydrogen (secondary N) is 2. The molecular weight excluding hydrogens is 266 g/mol. The van der Waals surface area contributed by atoms with Crippen molar-refractivity contribution in [1.29, 1.82) is 5.41 Å². The number of ether oxygens (including phenoxy) is 1. The lowest BCUT2D eigenvalue weighted by Gasteiger charge is -2.05. The summed E-state index contributed by atoms with van der Waals surface area (Å²) in [5, 5.41) is 9.94. The Balaban J connectivity index is 2.42. The number of aliphatic imine (C=N–C) groups is 1. The lowest BCUT2D eigenvalue weighted by molar-refractivity contribution is -0.113. The van der Waals surface area contributed by atoms with E-state index in [4.69, 9.17) is 21.6 Å². The van der Waals surface area contributed by atoms with Gasteiger partial charge in [-0.25, -0.2) is 0 Å². The Morgan fingerprint density at radius 2 is 2.05 bits per heavy atom. The number of amidine groups is 1. The number of anilines is 1. The van der Waals surface area contributed by atoms with Crippen molar-refractivity contribution in [2.24, 2.45) is 16.5 Å². The second-order valence-corrected chi connectivity index (χ2v) is 4.37. The molecule has 0 radical (unpaired) electrons. The summed E-state index contributed by atoms with van der Waals surface area (Å²) in [5.41, 5.74) is 10.9. The number of benzene rings is 1. The quantitative estimate of drug-likeness (QED) is 0.474. The minimum absolute atomic E-state index is 0.0572. The molecule has 0 unspecified atom stereocenters. The number of nitrogens with two attached hydrogens (primary N) is 2. The zero-order valence-corrected chi connectivity index (χ0v) is 11.2. The van der Waals surface area contributed by atoms with Crippen LogP contribution in [0.4, 0.5) is 5.69 Å². The molecule has 102 valence electrons. The monoisotopic (exact) mass is 281 g/mol. The highest BCUT2D eigenvalue weighted by molar-refractivity contribution is 8.14. The lowest BCUT2D eigenvalue weighted by atomic mass is 10.3. The maximum atomic E-state index is 11.6. The van der Waals surface area contributed by atoms with E-state index in [0.29, 0.717) is 11.4 Å². The van der Waals surface area contributed by atoms with Crippen molar-refractivity contribution < 1.29 is 9.53 Å². The molecule has 0 saturated heterocycles. The zero-order valence-electron chi connectivity index (χ0n) is 10.3. The van der Waals surface area contributed by atoms with Gasteiger partial charge in [-0.3, -0.25) is 10.2 Å². The van der Waals surface area contributed by atoms with Gasteiger partial charge in [-0.2, -0.15) is 4.99 Å². The minimum atomic E-state index is -0.245. The van der Waals surface area contributed by atoms with Crippen molar-refractivity contribution in [3.05, 3.63) is 24.3 Å². The molecule has 0 atom stereocenters. The largest absolute Gasteiger partial charge is 0.497 e. The van der Waals surface area contributed by atoms with Crippen molar-refractivity contribution >= 4 is 34.5 Å². The van der Waals surface area contributed by atoms with Gasteiger partial charge >= 0.3 is 0 Å². The molecule has 1 rings (SSSR count). The van der Waals surface area contributed by atoms with Crippen molar-refractivity contribution in [2.75, 3.05) is 18.2 Å². The Labute approximate surface area is 114 Å². The molecule has 0 fully saturated rings. The van der Waals surface area contributed by atoms with Crippen LogP contribution in [0.2, 0.25) is 0 Å². The van der Waals surface area contributed by atoms with E-state index >= 15 is 0 Å². The molecule has 0 bridgehead atoms. The number of amides is 1. The van der Waals surface area contributed by atoms with Gasteiger partial charge in [0.25, 0.3) is 0 Å². The van der Waals surface area contributed by atoms with Crippen LogP contribution in [0.15, 0.2) is 29.3 Å². The Morgan fingerprint density at radius 1 is 1.42 bits per heavy atom. The first-order valence-corrected chi connectivity index (χ1v) is 6.24. The molecule has 0 aromatic heterocycles. The molecule has 7 nitrogen and oxygen atoms in total. The van der Waals surface area contributed by atoms with Crippen molar-refractivity contribution in [3.8, 4) is 5.75 Å². The standard InChI is InChI=1S/C11H15N5O2S/c1-18-8-4-2-7(3-5-8)15-9(17)6-19-11(14)16-10(12)13/h2-5H,6H2,1H3,(H,15,17)(H5,12,13,14,16). The van der Waals surface area contributed by atoms with Gasteiger partial charge in [-0.1, -0.05) is 11.8 Å². The van der Waals surface area contributed by atoms with E-state index in [2.05, 4.69) is 10.3 Å². The molecule has 0 heterocycles. The van der Waals surface area contributed by atoms with Gasteiger partial charge in [-0.15, -0.1) is 0 Å². The smallest absolute Gasteiger partial charge is 0.234 e. The third-order valence-electron chi connectivity index (χ3n) is 1.94. The SMILES string of the molecule is COc1ccc(NC(=O)CSC(=N)N=C(N)N)cc1. The average Bonchev–Trinajstić information content (AvgIpc) is 2.36. The topological polar surface area (TPSA) is 127 Å². The summed E-state index contributed by atoms with van der Waals surface area (Å²) in [6, 6.07) is 6.93. The lowest BCUT2D eigenvalue weighted by Crippen LogP contribution is -2.24. The number of carbonyl (C=O) groups excluding carboxylic acids is 1. The third kappa shape index (κ3) is 5.77. The fourth-order valence-electron chi connectivity index (χ4n) is 1.15. The van der Waals surface area contributed by atoms with Gasteiger partial charge in [0.2, 0.25) is 5.91 Å². The molecule has 0 aliphatic carbocycles. The number of guanidine groups is 1. The van der Waals surface area contributed by atoms with E-state index in [1.807, 2.05) is 0 Å². The summed E-state index contributed by atoms with van der Waals surface area (Å²) < 4.78 is 5.01. The van der Waals surface area contributed by atoms with Crippen LogP contribution in [0.1, 0.15) is 0 Å². The predicted molar refractivity (Wildman–Crippen MR) is 77.6 cm³/mol. The van der Waals surface area contributed by atoms with Gasteiger partial charge in [0.1, 0.15) is 5.75 Å². The molecule has 0 aliphatic rings. The van der Waals surface area contributed by atoms with Crippen LogP contribution in [0.5, 0.6) is 5.75 Å². The van der Waals surface area contributed by atoms with Gasteiger partial charge in [0, 0.05) is 5.69 Å². The number of nitrogens with zero attached hydrogens (tertiary/aromatic N) is 1. The summed E-state index contributed by atoms with van der Waals surface area (Å²) in [4.78, 5) is 15.1. The van der Waals surface area contributed by atoms with Gasteiger partial charge in [-0.05, 0) is 24.3 Å². The van der Waals surface area contributed by atoms with E-state index in [1.54, 1.807) is 31.4 Å². The Hall–Kier alpha value is -2.22. The fourth-order valence-corrected chi connectivity index (χ4v) is 1.66. The molecular formula is C11H15N5O2S. The summed E-state index contributed by atoms with van der Waals surface area (Å²) in [6.07, 6.45) is 0. The van der Waals surface area contributed by atoms with Crippen LogP contribution in [-0.2, 0) is 4.79 Å².